The number of amides is 1. The van der Waals surface area contributed by atoms with E-state index < -0.39 is 11.9 Å². The van der Waals surface area contributed by atoms with Crippen LogP contribution in [0.5, 0.6) is 0 Å². The Bertz CT molecular complexity index is 1050. The van der Waals surface area contributed by atoms with Crippen molar-refractivity contribution < 1.29 is 29.1 Å². The molecule has 36 heavy (non-hydrogen) atoms. The molecular formula is C26H32N4O6. The number of amidine groups is 1. The number of piperidine rings is 1. The molecule has 1 fully saturated rings. The molecule has 1 saturated heterocycles. The molecule has 1 atom stereocenters. The maximum Gasteiger partial charge on any atom is 0.332 e. The number of hydrogen-bond acceptors (Lipinski definition) is 8. The summed E-state index contributed by atoms with van der Waals surface area (Å²) in [6.45, 7) is 2.91. The number of Topliss-reactive ketones (excluding diaryl/α,β-unsaturated/α-hetero) is 1. The van der Waals surface area contributed by atoms with Gasteiger partial charge in [-0.05, 0) is 24.5 Å². The summed E-state index contributed by atoms with van der Waals surface area (Å²) in [6, 6.07) is 10.1. The molecule has 1 aliphatic rings. The minimum atomic E-state index is -0.464. The Balaban J connectivity index is 1.35. The quantitative estimate of drug-likeness (QED) is 0.120. The predicted molar refractivity (Wildman–Crippen MR) is 132 cm³/mol. The number of esters is 1. The van der Waals surface area contributed by atoms with Gasteiger partial charge in [-0.3, -0.25) is 14.6 Å². The highest BCUT2D eigenvalue weighted by molar-refractivity contribution is 6.01. The van der Waals surface area contributed by atoms with Gasteiger partial charge in [0.2, 0.25) is 5.91 Å². The van der Waals surface area contributed by atoms with Crippen molar-refractivity contribution >= 4 is 23.5 Å². The lowest BCUT2D eigenvalue weighted by Gasteiger charge is -2.33. The molecule has 1 aromatic heterocycles. The second-order valence-corrected chi connectivity index (χ2v) is 8.76. The maximum absolute atomic E-state index is 12.8. The van der Waals surface area contributed by atoms with Gasteiger partial charge in [-0.1, -0.05) is 42.4 Å². The van der Waals surface area contributed by atoms with E-state index in [4.69, 9.17) is 20.4 Å². The maximum atomic E-state index is 12.8. The third-order valence-corrected chi connectivity index (χ3v) is 6.09. The van der Waals surface area contributed by atoms with Gasteiger partial charge in [0.05, 0.1) is 12.7 Å². The first kappa shape index (κ1) is 26.8. The van der Waals surface area contributed by atoms with Gasteiger partial charge in [-0.15, -0.1) is 0 Å². The lowest BCUT2D eigenvalue weighted by molar-refractivity contribution is -0.153. The number of benzene rings is 1. The second kappa shape index (κ2) is 13.3. The number of nitrogens with two attached hydrogens (primary N) is 1. The average Bonchev–Trinajstić information content (AvgIpc) is 2.92. The molecule has 3 N–H and O–H groups in total. The number of ketones is 1. The molecule has 1 unspecified atom stereocenters. The number of carbonyl (C=O) groups is 3. The number of oxime groups is 1. The van der Waals surface area contributed by atoms with E-state index in [0.717, 1.165) is 5.56 Å². The van der Waals surface area contributed by atoms with Crippen LogP contribution in [0.1, 0.15) is 47.7 Å². The third kappa shape index (κ3) is 7.88. The number of pyridine rings is 1. The Morgan fingerprint density at radius 3 is 2.50 bits per heavy atom. The van der Waals surface area contributed by atoms with E-state index in [1.54, 1.807) is 48.5 Å². The number of hydrogen-bond donors (Lipinski definition) is 2. The predicted octanol–water partition coefficient (Wildman–Crippen LogP) is 2.18. The summed E-state index contributed by atoms with van der Waals surface area (Å²) in [4.78, 5) is 43.2. The van der Waals surface area contributed by atoms with E-state index in [1.807, 2.05) is 12.1 Å². The summed E-state index contributed by atoms with van der Waals surface area (Å²) in [5.41, 5.74) is 7.50. The number of aromatic nitrogens is 1. The molecule has 10 nitrogen and oxygen atoms in total. The zero-order valence-corrected chi connectivity index (χ0v) is 20.3. The highest BCUT2D eigenvalue weighted by Crippen LogP contribution is 2.19. The largest absolute Gasteiger partial charge is 0.464 e. The number of nitrogens with zero attached hydrogens (tertiary/aromatic N) is 3. The molecule has 0 bridgehead atoms. The van der Waals surface area contributed by atoms with Crippen molar-refractivity contribution in [3.05, 3.63) is 65.5 Å². The third-order valence-electron chi connectivity index (χ3n) is 6.09. The van der Waals surface area contributed by atoms with Crippen molar-refractivity contribution in [1.82, 2.24) is 9.88 Å². The summed E-state index contributed by atoms with van der Waals surface area (Å²) in [5.74, 6) is -1.15. The van der Waals surface area contributed by atoms with Crippen LogP contribution in [-0.2, 0) is 25.5 Å². The molecule has 1 aromatic carbocycles. The fourth-order valence-electron chi connectivity index (χ4n) is 3.98. The first-order valence-corrected chi connectivity index (χ1v) is 11.9. The highest BCUT2D eigenvalue weighted by Gasteiger charge is 2.28. The van der Waals surface area contributed by atoms with Gasteiger partial charge in [-0.2, -0.15) is 0 Å². The van der Waals surface area contributed by atoms with E-state index >= 15 is 0 Å². The highest BCUT2D eigenvalue weighted by atomic mass is 16.6. The fourth-order valence-corrected chi connectivity index (χ4v) is 3.98. The number of ether oxygens (including phenoxy) is 2. The fraction of sp³-hybridized carbons (Fsp3) is 0.423. The van der Waals surface area contributed by atoms with E-state index in [1.165, 1.54) is 0 Å². The van der Waals surface area contributed by atoms with E-state index in [2.05, 4.69) is 10.1 Å². The molecule has 10 heteroatoms. The topological polar surface area (TPSA) is 144 Å². The first-order valence-electron chi connectivity index (χ1n) is 11.9. The van der Waals surface area contributed by atoms with Crippen LogP contribution >= 0.6 is 0 Å². The van der Waals surface area contributed by atoms with Crippen LogP contribution in [0.4, 0.5) is 0 Å². The van der Waals surface area contributed by atoms with Gasteiger partial charge in [-0.25, -0.2) is 4.79 Å². The number of carbonyl (C=O) groups excluding carboxylic acids is 3. The standard InChI is InChI=1S/C26H32N4O6/c1-18(15-23(31)20-4-6-21(7-5-20)25(27)29-34)26(33)30-12-8-22(9-13-30)36-17-24(32)35-14-10-19-3-2-11-28-16-19/h2-7,11,16,18,22,34H,8-10,12-15,17H2,1H3,(H2,27,29). The van der Waals surface area contributed by atoms with Gasteiger partial charge in [0.1, 0.15) is 6.61 Å². The molecule has 2 heterocycles. The van der Waals surface area contributed by atoms with Gasteiger partial charge < -0.3 is 25.3 Å². The number of likely N-dealkylation sites (tertiary alicyclic amines) is 1. The Hall–Kier alpha value is -3.79. The minimum Gasteiger partial charge on any atom is -0.464 e. The van der Waals surface area contributed by atoms with Crippen molar-refractivity contribution in [2.24, 2.45) is 16.8 Å². The van der Waals surface area contributed by atoms with Crippen molar-refractivity contribution in [2.75, 3.05) is 26.3 Å². The van der Waals surface area contributed by atoms with Crippen LogP contribution < -0.4 is 5.73 Å². The van der Waals surface area contributed by atoms with Crippen LogP contribution in [0.15, 0.2) is 53.9 Å². The SMILES string of the molecule is CC(CC(=O)c1ccc(/C(N)=N/O)cc1)C(=O)N1CCC(OCC(=O)OCCc2cccnc2)CC1. The Morgan fingerprint density at radius 2 is 1.86 bits per heavy atom. The van der Waals surface area contributed by atoms with Crippen LogP contribution in [0.3, 0.4) is 0 Å². The first-order chi connectivity index (χ1) is 17.4. The molecular weight excluding hydrogens is 464 g/mol. The van der Waals surface area contributed by atoms with Crippen LogP contribution in [0.2, 0.25) is 0 Å². The van der Waals surface area contributed by atoms with Gasteiger partial charge >= 0.3 is 5.97 Å². The minimum absolute atomic E-state index is 0.0392. The van der Waals surface area contributed by atoms with Gasteiger partial charge in [0, 0.05) is 55.4 Å². The summed E-state index contributed by atoms with van der Waals surface area (Å²) in [5, 5.41) is 11.7. The molecule has 1 aliphatic heterocycles. The smallest absolute Gasteiger partial charge is 0.332 e. The van der Waals surface area contributed by atoms with E-state index in [-0.39, 0.29) is 43.3 Å². The lowest BCUT2D eigenvalue weighted by atomic mass is 9.96. The Labute approximate surface area is 210 Å². The summed E-state index contributed by atoms with van der Waals surface area (Å²) in [6.07, 6.45) is 5.22. The summed E-state index contributed by atoms with van der Waals surface area (Å²) >= 11 is 0. The monoisotopic (exact) mass is 496 g/mol. The molecule has 0 aliphatic carbocycles. The summed E-state index contributed by atoms with van der Waals surface area (Å²) in [7, 11) is 0. The number of rotatable bonds is 11. The average molecular weight is 497 g/mol. The molecule has 1 amide bonds. The second-order valence-electron chi connectivity index (χ2n) is 8.76. The van der Waals surface area contributed by atoms with Crippen LogP contribution in [0, 0.1) is 5.92 Å². The lowest BCUT2D eigenvalue weighted by Crippen LogP contribution is -2.43. The van der Waals surface area contributed by atoms with Crippen molar-refractivity contribution in [3.63, 3.8) is 0 Å². The zero-order valence-electron chi connectivity index (χ0n) is 20.3. The van der Waals surface area contributed by atoms with E-state index in [9.17, 15) is 14.4 Å². The molecule has 3 rings (SSSR count). The van der Waals surface area contributed by atoms with Gasteiger partial charge in [0.25, 0.3) is 0 Å². The van der Waals surface area contributed by atoms with Gasteiger partial charge in [0.15, 0.2) is 11.6 Å². The Morgan fingerprint density at radius 1 is 1.17 bits per heavy atom. The van der Waals surface area contributed by atoms with Crippen LogP contribution in [-0.4, -0.2) is 71.0 Å². The zero-order chi connectivity index (χ0) is 25.9. The molecule has 192 valence electrons. The molecule has 2 aromatic rings. The summed E-state index contributed by atoms with van der Waals surface area (Å²) < 4.78 is 10.9. The van der Waals surface area contributed by atoms with Crippen molar-refractivity contribution in [1.29, 1.82) is 0 Å². The van der Waals surface area contributed by atoms with E-state index in [0.29, 0.717) is 43.5 Å². The molecule has 0 saturated carbocycles. The van der Waals surface area contributed by atoms with Crippen molar-refractivity contribution in [2.45, 2.75) is 38.7 Å². The normalized spacial score (nSPS) is 15.4. The Kier molecular flexibility index (Phi) is 9.93. The van der Waals surface area contributed by atoms with Crippen molar-refractivity contribution in [3.8, 4) is 0 Å². The molecule has 0 radical (unpaired) electrons. The molecule has 0 spiro atoms. The van der Waals surface area contributed by atoms with Crippen LogP contribution in [0.25, 0.3) is 0 Å².